The number of benzene rings is 3. The molecule has 0 saturated carbocycles. The highest BCUT2D eigenvalue weighted by atomic mass is 16.1. The lowest BCUT2D eigenvalue weighted by Gasteiger charge is -2.06. The Bertz CT molecular complexity index is 774. The van der Waals surface area contributed by atoms with Gasteiger partial charge in [0.2, 0.25) is 0 Å². The van der Waals surface area contributed by atoms with Crippen molar-refractivity contribution in [3.8, 4) is 0 Å². The lowest BCUT2D eigenvalue weighted by atomic mass is 9.98. The molecule has 0 amide bonds. The first-order valence-corrected chi connectivity index (χ1v) is 5.88. The molecule has 0 fully saturated rings. The summed E-state index contributed by atoms with van der Waals surface area (Å²) in [5.74, 6) is 0.0869. The van der Waals surface area contributed by atoms with E-state index in [4.69, 9.17) is 5.73 Å². The lowest BCUT2D eigenvalue weighted by molar-refractivity contribution is 0.101. The average Bonchev–Trinajstić information content (AvgIpc) is 2.35. The molecule has 0 radical (unpaired) electrons. The average molecular weight is 235 g/mol. The minimum absolute atomic E-state index is 0.0869. The summed E-state index contributed by atoms with van der Waals surface area (Å²) < 4.78 is 0. The molecule has 0 atom stereocenters. The summed E-state index contributed by atoms with van der Waals surface area (Å²) in [7, 11) is 0. The summed E-state index contributed by atoms with van der Waals surface area (Å²) >= 11 is 0. The van der Waals surface area contributed by atoms with E-state index in [1.54, 1.807) is 6.92 Å². The van der Waals surface area contributed by atoms with Gasteiger partial charge < -0.3 is 5.73 Å². The number of hydrogen-bond donors (Lipinski definition) is 1. The third-order valence-electron chi connectivity index (χ3n) is 3.24. The van der Waals surface area contributed by atoms with Crippen LogP contribution in [0.5, 0.6) is 0 Å². The van der Waals surface area contributed by atoms with E-state index < -0.39 is 0 Å². The van der Waals surface area contributed by atoms with Crippen LogP contribution in [0, 0.1) is 0 Å². The maximum atomic E-state index is 11.6. The number of rotatable bonds is 1. The molecule has 2 heteroatoms. The van der Waals surface area contributed by atoms with E-state index in [9.17, 15) is 4.79 Å². The highest BCUT2D eigenvalue weighted by Gasteiger charge is 2.06. The lowest BCUT2D eigenvalue weighted by Crippen LogP contribution is -1.93. The minimum atomic E-state index is 0.0869. The Morgan fingerprint density at radius 3 is 2.56 bits per heavy atom. The third kappa shape index (κ3) is 1.63. The van der Waals surface area contributed by atoms with Gasteiger partial charge in [-0.15, -0.1) is 0 Å². The molecule has 0 aliphatic heterocycles. The Kier molecular flexibility index (Phi) is 2.30. The van der Waals surface area contributed by atoms with Crippen molar-refractivity contribution in [2.75, 3.05) is 5.73 Å². The van der Waals surface area contributed by atoms with Gasteiger partial charge in [0, 0.05) is 11.3 Å². The van der Waals surface area contributed by atoms with Crippen LogP contribution in [0.4, 0.5) is 5.69 Å². The van der Waals surface area contributed by atoms with Gasteiger partial charge in [-0.3, -0.25) is 4.79 Å². The number of nitrogens with two attached hydrogens (primary N) is 1. The van der Waals surface area contributed by atoms with E-state index in [1.807, 2.05) is 42.5 Å². The van der Waals surface area contributed by atoms with Gasteiger partial charge in [0.1, 0.15) is 0 Å². The van der Waals surface area contributed by atoms with Gasteiger partial charge in [-0.2, -0.15) is 0 Å². The van der Waals surface area contributed by atoms with Crippen LogP contribution in [0.3, 0.4) is 0 Å². The molecule has 0 aromatic heterocycles. The van der Waals surface area contributed by atoms with Crippen LogP contribution in [-0.4, -0.2) is 5.78 Å². The first-order valence-electron chi connectivity index (χ1n) is 5.88. The fraction of sp³-hybridized carbons (Fsp3) is 0.0625. The third-order valence-corrected chi connectivity index (χ3v) is 3.24. The van der Waals surface area contributed by atoms with Gasteiger partial charge in [-0.1, -0.05) is 24.3 Å². The SMILES string of the molecule is CC(=O)c1cccc2cc3ccc(N)cc3cc12. The topological polar surface area (TPSA) is 43.1 Å². The summed E-state index contributed by atoms with van der Waals surface area (Å²) in [6.45, 7) is 1.60. The predicted molar refractivity (Wildman–Crippen MR) is 75.9 cm³/mol. The van der Waals surface area contributed by atoms with Gasteiger partial charge >= 0.3 is 0 Å². The smallest absolute Gasteiger partial charge is 0.160 e. The number of carbonyl (C=O) groups is 1. The summed E-state index contributed by atoms with van der Waals surface area (Å²) in [6.07, 6.45) is 0. The molecule has 2 N–H and O–H groups in total. The molecule has 0 aliphatic rings. The van der Waals surface area contributed by atoms with Crippen molar-refractivity contribution in [2.24, 2.45) is 0 Å². The monoisotopic (exact) mass is 235 g/mol. The minimum Gasteiger partial charge on any atom is -0.399 e. The summed E-state index contributed by atoms with van der Waals surface area (Å²) in [5.41, 5.74) is 7.30. The van der Waals surface area contributed by atoms with Crippen LogP contribution >= 0.6 is 0 Å². The van der Waals surface area contributed by atoms with E-state index in [2.05, 4.69) is 6.07 Å². The van der Waals surface area contributed by atoms with Crippen molar-refractivity contribution < 1.29 is 4.79 Å². The number of carbonyl (C=O) groups excluding carboxylic acids is 1. The molecule has 0 aliphatic carbocycles. The first kappa shape index (κ1) is 10.8. The zero-order valence-corrected chi connectivity index (χ0v) is 10.1. The number of nitrogen functional groups attached to an aromatic ring is 1. The number of ketones is 1. The number of hydrogen-bond acceptors (Lipinski definition) is 2. The highest BCUT2D eigenvalue weighted by Crippen LogP contribution is 2.27. The van der Waals surface area contributed by atoms with E-state index in [0.29, 0.717) is 0 Å². The van der Waals surface area contributed by atoms with Crippen LogP contribution in [0.25, 0.3) is 21.5 Å². The number of Topliss-reactive ketones (excluding diaryl/α,β-unsaturated/α-hetero) is 1. The van der Waals surface area contributed by atoms with Gasteiger partial charge in [-0.25, -0.2) is 0 Å². The van der Waals surface area contributed by atoms with E-state index in [1.165, 1.54) is 0 Å². The number of anilines is 1. The van der Waals surface area contributed by atoms with E-state index in [-0.39, 0.29) is 5.78 Å². The van der Waals surface area contributed by atoms with Gasteiger partial charge in [-0.05, 0) is 52.7 Å². The van der Waals surface area contributed by atoms with Gasteiger partial charge in [0.25, 0.3) is 0 Å². The maximum Gasteiger partial charge on any atom is 0.160 e. The second-order valence-electron chi connectivity index (χ2n) is 4.54. The second-order valence-corrected chi connectivity index (χ2v) is 4.54. The van der Waals surface area contributed by atoms with Crippen LogP contribution in [0.15, 0.2) is 48.5 Å². The molecule has 0 heterocycles. The number of fused-ring (bicyclic) bond motifs is 2. The molecule has 18 heavy (non-hydrogen) atoms. The molecule has 0 unspecified atom stereocenters. The fourth-order valence-corrected chi connectivity index (χ4v) is 2.35. The van der Waals surface area contributed by atoms with Crippen molar-refractivity contribution in [2.45, 2.75) is 6.92 Å². The molecule has 0 spiro atoms. The molecule has 88 valence electrons. The summed E-state index contributed by atoms with van der Waals surface area (Å²) in [4.78, 5) is 11.6. The van der Waals surface area contributed by atoms with Crippen LogP contribution in [0.1, 0.15) is 17.3 Å². The molecule has 0 saturated heterocycles. The molecule has 2 nitrogen and oxygen atoms in total. The first-order chi connectivity index (χ1) is 8.65. The van der Waals surface area contributed by atoms with Crippen LogP contribution in [-0.2, 0) is 0 Å². The molecular formula is C16H13NO. The Morgan fingerprint density at radius 2 is 1.78 bits per heavy atom. The zero-order valence-electron chi connectivity index (χ0n) is 10.1. The quantitative estimate of drug-likeness (QED) is 0.396. The van der Waals surface area contributed by atoms with Crippen LogP contribution < -0.4 is 5.73 Å². The second kappa shape index (κ2) is 3.84. The Morgan fingerprint density at radius 1 is 0.944 bits per heavy atom. The van der Waals surface area contributed by atoms with Gasteiger partial charge in [0.15, 0.2) is 5.78 Å². The predicted octanol–water partition coefficient (Wildman–Crippen LogP) is 3.78. The maximum absolute atomic E-state index is 11.6. The molecule has 3 rings (SSSR count). The van der Waals surface area contributed by atoms with Crippen LogP contribution in [0.2, 0.25) is 0 Å². The zero-order chi connectivity index (χ0) is 12.7. The molecule has 3 aromatic rings. The summed E-state index contributed by atoms with van der Waals surface area (Å²) in [6, 6.07) is 15.8. The standard InChI is InChI=1S/C16H13NO/c1-10(18)15-4-2-3-12-7-11-5-6-14(17)8-13(11)9-16(12)15/h2-9H,17H2,1H3. The fourth-order valence-electron chi connectivity index (χ4n) is 2.35. The normalized spacial score (nSPS) is 10.9. The Balaban J connectivity index is 2.45. The van der Waals surface area contributed by atoms with Crippen molar-refractivity contribution in [1.82, 2.24) is 0 Å². The molecule has 0 bridgehead atoms. The highest BCUT2D eigenvalue weighted by molar-refractivity contribution is 6.10. The van der Waals surface area contributed by atoms with E-state index >= 15 is 0 Å². The largest absolute Gasteiger partial charge is 0.399 e. The van der Waals surface area contributed by atoms with Crippen molar-refractivity contribution in [3.05, 3.63) is 54.1 Å². The van der Waals surface area contributed by atoms with Gasteiger partial charge in [0.05, 0.1) is 0 Å². The van der Waals surface area contributed by atoms with Crippen molar-refractivity contribution in [1.29, 1.82) is 0 Å². The van der Waals surface area contributed by atoms with Crippen molar-refractivity contribution >= 4 is 33.0 Å². The molecular weight excluding hydrogens is 222 g/mol. The van der Waals surface area contributed by atoms with E-state index in [0.717, 1.165) is 32.8 Å². The summed E-state index contributed by atoms with van der Waals surface area (Å²) in [5, 5.41) is 4.27. The molecule has 3 aromatic carbocycles. The Labute approximate surface area is 105 Å². The Hall–Kier alpha value is -2.35. The van der Waals surface area contributed by atoms with Crippen molar-refractivity contribution in [3.63, 3.8) is 0 Å².